The smallest absolute Gasteiger partial charge is 0.221 e. The van der Waals surface area contributed by atoms with Crippen LogP contribution in [0.1, 0.15) is 28.8 Å². The van der Waals surface area contributed by atoms with Gasteiger partial charge in [0.15, 0.2) is 5.78 Å². The first kappa shape index (κ1) is 18.1. The third kappa shape index (κ3) is 6.08. The predicted molar refractivity (Wildman–Crippen MR) is 96.4 cm³/mol. The minimum Gasteiger partial charge on any atom is -0.345 e. The number of halogens is 2. The molecule has 1 N–H and O–H groups in total. The highest BCUT2D eigenvalue weighted by atomic mass is 35.5. The summed E-state index contributed by atoms with van der Waals surface area (Å²) < 4.78 is 0. The van der Waals surface area contributed by atoms with Crippen LogP contribution in [-0.4, -0.2) is 18.2 Å². The van der Waals surface area contributed by atoms with E-state index in [1.807, 2.05) is 12.1 Å². The molecular formula is C19H15Cl2NO2. The second kappa shape index (κ2) is 9.12. The highest BCUT2D eigenvalue weighted by Gasteiger charge is 2.08. The summed E-state index contributed by atoms with van der Waals surface area (Å²) in [5.41, 5.74) is 1.34. The van der Waals surface area contributed by atoms with Crippen molar-refractivity contribution in [2.24, 2.45) is 0 Å². The lowest BCUT2D eigenvalue weighted by Gasteiger charge is -2.02. The third-order valence-electron chi connectivity index (χ3n) is 3.18. The van der Waals surface area contributed by atoms with Crippen LogP contribution in [0.25, 0.3) is 0 Å². The van der Waals surface area contributed by atoms with Crippen LogP contribution in [0, 0.1) is 11.8 Å². The lowest BCUT2D eigenvalue weighted by atomic mass is 10.1. The van der Waals surface area contributed by atoms with E-state index in [2.05, 4.69) is 17.2 Å². The number of benzene rings is 2. The zero-order valence-electron chi connectivity index (χ0n) is 12.8. The van der Waals surface area contributed by atoms with Gasteiger partial charge in [-0.3, -0.25) is 9.59 Å². The fraction of sp³-hybridized carbons (Fsp3) is 0.158. The Morgan fingerprint density at radius 1 is 0.958 bits per heavy atom. The molecule has 0 saturated heterocycles. The number of rotatable bonds is 5. The number of hydrogen-bond donors (Lipinski definition) is 1. The Labute approximate surface area is 151 Å². The second-order valence-electron chi connectivity index (χ2n) is 5.02. The zero-order valence-corrected chi connectivity index (χ0v) is 14.3. The van der Waals surface area contributed by atoms with E-state index in [1.54, 1.807) is 36.4 Å². The first-order chi connectivity index (χ1) is 11.5. The van der Waals surface area contributed by atoms with Gasteiger partial charge >= 0.3 is 0 Å². The van der Waals surface area contributed by atoms with Gasteiger partial charge in [-0.1, -0.05) is 41.1 Å². The number of nitrogens with one attached hydrogen (secondary N) is 1. The highest BCUT2D eigenvalue weighted by Crippen LogP contribution is 2.12. The fourth-order valence-electron chi connectivity index (χ4n) is 1.95. The number of carbonyl (C=O) groups is 2. The van der Waals surface area contributed by atoms with E-state index in [0.717, 1.165) is 5.56 Å². The van der Waals surface area contributed by atoms with Crippen LogP contribution in [0.3, 0.4) is 0 Å². The number of hydrogen-bond acceptors (Lipinski definition) is 2. The van der Waals surface area contributed by atoms with Crippen molar-refractivity contribution < 1.29 is 9.59 Å². The Morgan fingerprint density at radius 2 is 1.71 bits per heavy atom. The van der Waals surface area contributed by atoms with Crippen molar-refractivity contribution in [3.63, 3.8) is 0 Å². The molecule has 0 aliphatic carbocycles. The summed E-state index contributed by atoms with van der Waals surface area (Å²) in [6.07, 6.45) is 0.273. The molecule has 0 fully saturated rings. The average molecular weight is 360 g/mol. The Hall–Kier alpha value is -2.28. The SMILES string of the molecule is O=C(CCC(=O)c1ccc(Cl)cc1)NCC#Cc1cccc(Cl)c1. The van der Waals surface area contributed by atoms with Crippen molar-refractivity contribution in [1.82, 2.24) is 5.32 Å². The van der Waals surface area contributed by atoms with Gasteiger partial charge in [0, 0.05) is 34.0 Å². The minimum atomic E-state index is -0.210. The zero-order chi connectivity index (χ0) is 17.4. The lowest BCUT2D eigenvalue weighted by molar-refractivity contribution is -0.120. The van der Waals surface area contributed by atoms with E-state index in [4.69, 9.17) is 23.2 Å². The molecule has 2 aromatic carbocycles. The van der Waals surface area contributed by atoms with Gasteiger partial charge in [-0.15, -0.1) is 0 Å². The summed E-state index contributed by atoms with van der Waals surface area (Å²) in [6, 6.07) is 13.8. The molecule has 0 radical (unpaired) electrons. The van der Waals surface area contributed by atoms with Crippen molar-refractivity contribution in [1.29, 1.82) is 0 Å². The monoisotopic (exact) mass is 359 g/mol. The summed E-state index contributed by atoms with van der Waals surface area (Å²) in [5.74, 6) is 5.45. The third-order valence-corrected chi connectivity index (χ3v) is 3.66. The molecule has 0 heterocycles. The summed E-state index contributed by atoms with van der Waals surface area (Å²) in [5, 5.41) is 3.85. The van der Waals surface area contributed by atoms with Crippen LogP contribution in [0.5, 0.6) is 0 Å². The lowest BCUT2D eigenvalue weighted by Crippen LogP contribution is -2.24. The van der Waals surface area contributed by atoms with Crippen molar-refractivity contribution in [3.05, 3.63) is 69.7 Å². The summed E-state index contributed by atoms with van der Waals surface area (Å²) >= 11 is 11.6. The topological polar surface area (TPSA) is 46.2 Å². The van der Waals surface area contributed by atoms with E-state index in [9.17, 15) is 9.59 Å². The Kier molecular flexibility index (Phi) is 6.87. The molecule has 0 unspecified atom stereocenters. The molecule has 3 nitrogen and oxygen atoms in total. The molecule has 0 spiro atoms. The predicted octanol–water partition coefficient (Wildman–Crippen LogP) is 4.12. The normalized spacial score (nSPS) is 9.75. The molecule has 0 aliphatic heterocycles. The summed E-state index contributed by atoms with van der Waals surface area (Å²) in [7, 11) is 0. The number of Topliss-reactive ketones (excluding diaryl/α,β-unsaturated/α-hetero) is 1. The molecule has 0 aromatic heterocycles. The van der Waals surface area contributed by atoms with Gasteiger partial charge in [0.2, 0.25) is 5.91 Å². The van der Waals surface area contributed by atoms with Gasteiger partial charge in [0.25, 0.3) is 0 Å². The number of ketones is 1. The van der Waals surface area contributed by atoms with Crippen molar-refractivity contribution in [2.45, 2.75) is 12.8 Å². The molecule has 2 rings (SSSR count). The quantitative estimate of drug-likeness (QED) is 0.644. The summed E-state index contributed by atoms with van der Waals surface area (Å²) in [4.78, 5) is 23.7. The Balaban J connectivity index is 1.74. The Bertz CT molecular complexity index is 789. The Morgan fingerprint density at radius 3 is 2.42 bits per heavy atom. The van der Waals surface area contributed by atoms with Crippen molar-refractivity contribution >= 4 is 34.9 Å². The molecule has 0 bridgehead atoms. The maximum Gasteiger partial charge on any atom is 0.221 e. The first-order valence-corrected chi connectivity index (χ1v) is 8.10. The highest BCUT2D eigenvalue weighted by molar-refractivity contribution is 6.31. The molecule has 0 saturated carbocycles. The van der Waals surface area contributed by atoms with Crippen LogP contribution in [-0.2, 0) is 4.79 Å². The van der Waals surface area contributed by atoms with Crippen molar-refractivity contribution in [3.8, 4) is 11.8 Å². The van der Waals surface area contributed by atoms with Crippen LogP contribution in [0.4, 0.5) is 0 Å². The van der Waals surface area contributed by atoms with Gasteiger partial charge in [-0.05, 0) is 42.5 Å². The molecule has 1 amide bonds. The van der Waals surface area contributed by atoms with E-state index >= 15 is 0 Å². The molecule has 122 valence electrons. The van der Waals surface area contributed by atoms with Crippen LogP contribution >= 0.6 is 23.2 Å². The summed E-state index contributed by atoms with van der Waals surface area (Å²) in [6.45, 7) is 0.223. The minimum absolute atomic E-state index is 0.0909. The second-order valence-corrected chi connectivity index (χ2v) is 5.89. The van der Waals surface area contributed by atoms with Gasteiger partial charge in [0.1, 0.15) is 0 Å². The van der Waals surface area contributed by atoms with Gasteiger partial charge < -0.3 is 5.32 Å². The van der Waals surface area contributed by atoms with Crippen molar-refractivity contribution in [2.75, 3.05) is 6.54 Å². The molecular weight excluding hydrogens is 345 g/mol. The largest absolute Gasteiger partial charge is 0.345 e. The molecule has 24 heavy (non-hydrogen) atoms. The molecule has 0 aliphatic rings. The number of carbonyl (C=O) groups excluding carboxylic acids is 2. The van der Waals surface area contributed by atoms with Gasteiger partial charge in [-0.2, -0.15) is 0 Å². The molecule has 2 aromatic rings. The van der Waals surface area contributed by atoms with E-state index in [0.29, 0.717) is 15.6 Å². The van der Waals surface area contributed by atoms with E-state index < -0.39 is 0 Å². The fourth-order valence-corrected chi connectivity index (χ4v) is 2.27. The van der Waals surface area contributed by atoms with Gasteiger partial charge in [-0.25, -0.2) is 0 Å². The van der Waals surface area contributed by atoms with Crippen LogP contribution in [0.15, 0.2) is 48.5 Å². The maximum atomic E-state index is 11.9. The van der Waals surface area contributed by atoms with Crippen LogP contribution < -0.4 is 5.32 Å². The number of amides is 1. The van der Waals surface area contributed by atoms with Crippen LogP contribution in [0.2, 0.25) is 10.0 Å². The van der Waals surface area contributed by atoms with E-state index in [1.165, 1.54) is 0 Å². The molecule has 5 heteroatoms. The van der Waals surface area contributed by atoms with E-state index in [-0.39, 0.29) is 31.1 Å². The molecule has 0 atom stereocenters. The first-order valence-electron chi connectivity index (χ1n) is 7.34. The van der Waals surface area contributed by atoms with Gasteiger partial charge in [0.05, 0.1) is 6.54 Å². The average Bonchev–Trinajstić information content (AvgIpc) is 2.57. The maximum absolute atomic E-state index is 11.9. The standard InChI is InChI=1S/C19H15Cl2NO2/c20-16-8-6-15(7-9-16)18(23)10-11-19(24)22-12-2-4-14-3-1-5-17(21)13-14/h1,3,5-9,13H,10-12H2,(H,22,24).